The maximum Gasteiger partial charge on any atom is 0.225 e. The van der Waals surface area contributed by atoms with E-state index in [2.05, 4.69) is 5.32 Å². The zero-order valence-electron chi connectivity index (χ0n) is 11.4. The number of halogens is 3. The summed E-state index contributed by atoms with van der Waals surface area (Å²) in [7, 11) is 0. The molecule has 0 aromatic heterocycles. The maximum absolute atomic E-state index is 12.9. The van der Waals surface area contributed by atoms with E-state index < -0.39 is 0 Å². The largest absolute Gasteiger partial charge is 0.349 e. The Hall–Kier alpha value is -1.58. The molecular weight excluding hydrogens is 312 g/mol. The molecule has 5 heteroatoms. The van der Waals surface area contributed by atoms with Crippen LogP contribution in [0.3, 0.4) is 0 Å². The van der Waals surface area contributed by atoms with E-state index in [1.54, 1.807) is 30.3 Å². The molecular formula is C16H14Cl2FNO. The van der Waals surface area contributed by atoms with E-state index >= 15 is 0 Å². The fourth-order valence-electron chi connectivity index (χ4n) is 1.99. The zero-order valence-corrected chi connectivity index (χ0v) is 12.9. The van der Waals surface area contributed by atoms with Gasteiger partial charge in [-0.1, -0.05) is 41.4 Å². The highest BCUT2D eigenvalue weighted by molar-refractivity contribution is 6.36. The van der Waals surface area contributed by atoms with Crippen molar-refractivity contribution in [3.05, 3.63) is 69.5 Å². The highest BCUT2D eigenvalue weighted by Gasteiger charge is 2.13. The second kappa shape index (κ2) is 6.92. The van der Waals surface area contributed by atoms with Gasteiger partial charge in [0.25, 0.3) is 0 Å². The summed E-state index contributed by atoms with van der Waals surface area (Å²) in [6, 6.07) is 10.9. The molecule has 0 spiro atoms. The Morgan fingerprint density at radius 3 is 2.29 bits per heavy atom. The molecule has 2 aromatic rings. The van der Waals surface area contributed by atoms with Crippen LogP contribution in [0.1, 0.15) is 24.1 Å². The van der Waals surface area contributed by atoms with Gasteiger partial charge in [0.15, 0.2) is 0 Å². The van der Waals surface area contributed by atoms with Crippen molar-refractivity contribution in [3.8, 4) is 0 Å². The molecule has 0 heterocycles. The third-order valence-corrected chi connectivity index (χ3v) is 3.85. The first-order valence-corrected chi connectivity index (χ1v) is 7.20. The number of nitrogens with one attached hydrogen (secondary N) is 1. The van der Waals surface area contributed by atoms with Gasteiger partial charge in [-0.05, 0) is 42.3 Å². The second-order valence-corrected chi connectivity index (χ2v) is 5.53. The minimum Gasteiger partial charge on any atom is -0.349 e. The van der Waals surface area contributed by atoms with E-state index in [1.807, 2.05) is 6.92 Å². The molecule has 0 aliphatic heterocycles. The number of hydrogen-bond acceptors (Lipinski definition) is 1. The number of hydrogen-bond donors (Lipinski definition) is 1. The lowest BCUT2D eigenvalue weighted by atomic mass is 10.1. The van der Waals surface area contributed by atoms with Gasteiger partial charge in [0.1, 0.15) is 5.82 Å². The number of carbonyl (C=O) groups is 1. The van der Waals surface area contributed by atoms with Crippen LogP contribution in [0.5, 0.6) is 0 Å². The summed E-state index contributed by atoms with van der Waals surface area (Å²) >= 11 is 12.1. The average molecular weight is 326 g/mol. The maximum atomic E-state index is 12.9. The molecule has 2 aromatic carbocycles. The molecule has 0 radical (unpaired) electrons. The van der Waals surface area contributed by atoms with Crippen LogP contribution in [0.2, 0.25) is 10.0 Å². The predicted molar refractivity (Wildman–Crippen MR) is 83.1 cm³/mol. The molecule has 0 bridgehead atoms. The summed E-state index contributed by atoms with van der Waals surface area (Å²) in [5.74, 6) is -0.498. The van der Waals surface area contributed by atoms with Crippen LogP contribution >= 0.6 is 23.2 Å². The van der Waals surface area contributed by atoms with Crippen molar-refractivity contribution in [2.24, 2.45) is 0 Å². The lowest BCUT2D eigenvalue weighted by Crippen LogP contribution is -2.28. The molecule has 1 amide bonds. The van der Waals surface area contributed by atoms with Gasteiger partial charge in [0.05, 0.1) is 12.5 Å². The summed E-state index contributed by atoms with van der Waals surface area (Å²) in [5, 5.41) is 3.77. The van der Waals surface area contributed by atoms with Gasteiger partial charge in [-0.15, -0.1) is 0 Å². The summed E-state index contributed by atoms with van der Waals surface area (Å²) in [5.41, 5.74) is 1.43. The minimum atomic E-state index is -0.305. The standard InChI is InChI=1S/C16H14Cl2FNO/c1-10(11-5-7-12(19)8-6-11)20-16(21)9-13-14(17)3-2-4-15(13)18/h2-8,10H,9H2,1H3,(H,20,21)/t10-/m0/s1. The van der Waals surface area contributed by atoms with E-state index in [0.29, 0.717) is 15.6 Å². The second-order valence-electron chi connectivity index (χ2n) is 4.72. The summed E-state index contributed by atoms with van der Waals surface area (Å²) in [6.07, 6.45) is 0.101. The van der Waals surface area contributed by atoms with Gasteiger partial charge in [-0.3, -0.25) is 4.79 Å². The normalized spacial score (nSPS) is 12.0. The van der Waals surface area contributed by atoms with Crippen molar-refractivity contribution in [3.63, 3.8) is 0 Å². The van der Waals surface area contributed by atoms with Crippen LogP contribution in [0.4, 0.5) is 4.39 Å². The van der Waals surface area contributed by atoms with Gasteiger partial charge in [0.2, 0.25) is 5.91 Å². The lowest BCUT2D eigenvalue weighted by Gasteiger charge is -2.15. The van der Waals surface area contributed by atoms with E-state index in [1.165, 1.54) is 12.1 Å². The Labute approximate surface area is 132 Å². The van der Waals surface area contributed by atoms with E-state index in [9.17, 15) is 9.18 Å². The topological polar surface area (TPSA) is 29.1 Å². The summed E-state index contributed by atoms with van der Waals surface area (Å²) in [4.78, 5) is 12.1. The molecule has 2 rings (SSSR count). The third kappa shape index (κ3) is 4.19. The van der Waals surface area contributed by atoms with E-state index in [-0.39, 0.29) is 24.2 Å². The quantitative estimate of drug-likeness (QED) is 0.877. The van der Waals surface area contributed by atoms with E-state index in [4.69, 9.17) is 23.2 Å². The number of rotatable bonds is 4. The number of amides is 1. The van der Waals surface area contributed by atoms with Crippen molar-refractivity contribution in [1.82, 2.24) is 5.32 Å². The predicted octanol–water partition coefficient (Wildman–Crippen LogP) is 4.55. The number of benzene rings is 2. The van der Waals surface area contributed by atoms with Crippen LogP contribution in [0.15, 0.2) is 42.5 Å². The van der Waals surface area contributed by atoms with Crippen molar-refractivity contribution < 1.29 is 9.18 Å². The molecule has 0 fully saturated rings. The van der Waals surface area contributed by atoms with Crippen molar-refractivity contribution in [2.75, 3.05) is 0 Å². The molecule has 1 N–H and O–H groups in total. The minimum absolute atomic E-state index is 0.101. The fraction of sp³-hybridized carbons (Fsp3) is 0.188. The van der Waals surface area contributed by atoms with Gasteiger partial charge in [0, 0.05) is 10.0 Å². The smallest absolute Gasteiger partial charge is 0.225 e. The van der Waals surface area contributed by atoms with Crippen LogP contribution in [-0.2, 0) is 11.2 Å². The highest BCUT2D eigenvalue weighted by Crippen LogP contribution is 2.25. The lowest BCUT2D eigenvalue weighted by molar-refractivity contribution is -0.121. The first-order valence-electron chi connectivity index (χ1n) is 6.45. The zero-order chi connectivity index (χ0) is 15.4. The van der Waals surface area contributed by atoms with Crippen molar-refractivity contribution >= 4 is 29.1 Å². The van der Waals surface area contributed by atoms with Gasteiger partial charge < -0.3 is 5.32 Å². The molecule has 2 nitrogen and oxygen atoms in total. The monoisotopic (exact) mass is 325 g/mol. The third-order valence-electron chi connectivity index (χ3n) is 3.15. The van der Waals surface area contributed by atoms with Crippen molar-refractivity contribution in [1.29, 1.82) is 0 Å². The molecule has 0 unspecified atom stereocenters. The van der Waals surface area contributed by atoms with Gasteiger partial charge >= 0.3 is 0 Å². The first kappa shape index (κ1) is 15.8. The molecule has 0 aliphatic rings. The summed E-state index contributed by atoms with van der Waals surface area (Å²) in [6.45, 7) is 1.83. The van der Waals surface area contributed by atoms with Gasteiger partial charge in [-0.2, -0.15) is 0 Å². The molecule has 0 aliphatic carbocycles. The highest BCUT2D eigenvalue weighted by atomic mass is 35.5. The Bertz CT molecular complexity index is 623. The Balaban J connectivity index is 2.03. The van der Waals surface area contributed by atoms with Crippen LogP contribution in [0, 0.1) is 5.82 Å². The fourth-order valence-corrected chi connectivity index (χ4v) is 2.52. The molecule has 1 atom stereocenters. The van der Waals surface area contributed by atoms with Gasteiger partial charge in [-0.25, -0.2) is 4.39 Å². The molecule has 21 heavy (non-hydrogen) atoms. The summed E-state index contributed by atoms with van der Waals surface area (Å²) < 4.78 is 12.9. The Morgan fingerprint density at radius 2 is 1.71 bits per heavy atom. The van der Waals surface area contributed by atoms with Crippen molar-refractivity contribution in [2.45, 2.75) is 19.4 Å². The average Bonchev–Trinajstić information content (AvgIpc) is 2.43. The molecule has 0 saturated heterocycles. The van der Waals surface area contributed by atoms with Crippen LogP contribution in [-0.4, -0.2) is 5.91 Å². The van der Waals surface area contributed by atoms with Crippen LogP contribution < -0.4 is 5.32 Å². The first-order chi connectivity index (χ1) is 9.97. The van der Waals surface area contributed by atoms with E-state index in [0.717, 1.165) is 5.56 Å². The molecule has 110 valence electrons. The van der Waals surface area contributed by atoms with Crippen LogP contribution in [0.25, 0.3) is 0 Å². The Morgan fingerprint density at radius 1 is 1.14 bits per heavy atom. The Kier molecular flexibility index (Phi) is 5.21. The molecule has 0 saturated carbocycles. The number of carbonyl (C=O) groups excluding carboxylic acids is 1. The SMILES string of the molecule is C[C@H](NC(=O)Cc1c(Cl)cccc1Cl)c1ccc(F)cc1.